The van der Waals surface area contributed by atoms with Crippen molar-refractivity contribution in [1.82, 2.24) is 4.90 Å². The minimum absolute atomic E-state index is 0.175. The molecule has 0 saturated carbocycles. The lowest BCUT2D eigenvalue weighted by molar-refractivity contribution is 0.291. The average molecular weight is 196 g/mol. The van der Waals surface area contributed by atoms with E-state index in [9.17, 15) is 4.39 Å². The van der Waals surface area contributed by atoms with Crippen molar-refractivity contribution < 1.29 is 4.39 Å². The normalized spacial score (nSPS) is 10.9. The van der Waals surface area contributed by atoms with Crippen LogP contribution in [0.25, 0.3) is 0 Å². The van der Waals surface area contributed by atoms with E-state index in [1.54, 1.807) is 12.1 Å². The molecule has 0 heterocycles. The monoisotopic (exact) mass is 196 g/mol. The number of benzene rings is 1. The van der Waals surface area contributed by atoms with Gasteiger partial charge in [-0.1, -0.05) is 13.8 Å². The second-order valence-corrected chi connectivity index (χ2v) is 3.31. The molecule has 14 heavy (non-hydrogen) atoms. The Morgan fingerprint density at radius 3 is 2.50 bits per heavy atom. The molecule has 2 nitrogen and oxygen atoms in total. The topological polar surface area (TPSA) is 29.3 Å². The van der Waals surface area contributed by atoms with Gasteiger partial charge < -0.3 is 5.73 Å². The molecule has 3 heteroatoms. The zero-order valence-corrected chi connectivity index (χ0v) is 8.76. The molecule has 1 aromatic rings. The number of hydrogen-bond donors (Lipinski definition) is 1. The van der Waals surface area contributed by atoms with Crippen molar-refractivity contribution in [3.05, 3.63) is 29.6 Å². The summed E-state index contributed by atoms with van der Waals surface area (Å²) in [5, 5.41) is 0. The highest BCUT2D eigenvalue weighted by atomic mass is 19.1. The number of nitrogens with zero attached hydrogens (tertiary/aromatic N) is 1. The van der Waals surface area contributed by atoms with Crippen LogP contribution in [0, 0.1) is 5.82 Å². The van der Waals surface area contributed by atoms with E-state index in [-0.39, 0.29) is 5.82 Å². The second kappa shape index (κ2) is 4.96. The van der Waals surface area contributed by atoms with Crippen LogP contribution in [-0.2, 0) is 6.54 Å². The van der Waals surface area contributed by atoms with Gasteiger partial charge in [-0.25, -0.2) is 4.39 Å². The maximum atomic E-state index is 13.3. The average Bonchev–Trinajstić information content (AvgIpc) is 2.19. The third-order valence-electron chi connectivity index (χ3n) is 2.36. The largest absolute Gasteiger partial charge is 0.399 e. The van der Waals surface area contributed by atoms with Crippen LogP contribution in [0.2, 0.25) is 0 Å². The second-order valence-electron chi connectivity index (χ2n) is 3.31. The van der Waals surface area contributed by atoms with Gasteiger partial charge in [0.15, 0.2) is 0 Å². The first kappa shape index (κ1) is 11.0. The molecule has 0 fully saturated rings. The molecule has 0 amide bonds. The lowest BCUT2D eigenvalue weighted by atomic mass is 10.2. The molecule has 0 bridgehead atoms. The van der Waals surface area contributed by atoms with Gasteiger partial charge in [-0.3, -0.25) is 4.90 Å². The Balaban J connectivity index is 2.79. The van der Waals surface area contributed by atoms with E-state index >= 15 is 0 Å². The molecule has 0 radical (unpaired) electrons. The van der Waals surface area contributed by atoms with Crippen molar-refractivity contribution in [2.75, 3.05) is 18.8 Å². The van der Waals surface area contributed by atoms with Crippen LogP contribution in [0.4, 0.5) is 10.1 Å². The Morgan fingerprint density at radius 2 is 1.93 bits per heavy atom. The van der Waals surface area contributed by atoms with E-state index in [2.05, 4.69) is 18.7 Å². The molecule has 0 saturated heterocycles. The summed E-state index contributed by atoms with van der Waals surface area (Å²) in [6.07, 6.45) is 0. The Bertz CT molecular complexity index is 295. The van der Waals surface area contributed by atoms with Crippen LogP contribution in [0.3, 0.4) is 0 Å². The molecule has 0 aliphatic carbocycles. The number of halogens is 1. The van der Waals surface area contributed by atoms with Gasteiger partial charge in [-0.05, 0) is 31.3 Å². The van der Waals surface area contributed by atoms with E-state index in [0.29, 0.717) is 17.8 Å². The molecule has 0 aliphatic heterocycles. The summed E-state index contributed by atoms with van der Waals surface area (Å²) in [5.41, 5.74) is 6.89. The van der Waals surface area contributed by atoms with Crippen LogP contribution in [-0.4, -0.2) is 18.0 Å². The van der Waals surface area contributed by atoms with Crippen LogP contribution < -0.4 is 5.73 Å². The Kier molecular flexibility index (Phi) is 3.89. The van der Waals surface area contributed by atoms with Gasteiger partial charge in [0, 0.05) is 17.8 Å². The highest BCUT2D eigenvalue weighted by Crippen LogP contribution is 2.14. The van der Waals surface area contributed by atoms with Crippen molar-refractivity contribution in [3.63, 3.8) is 0 Å². The SMILES string of the molecule is CCN(CC)Cc1cc(N)ccc1F. The standard InChI is InChI=1S/C11H17FN2/c1-3-14(4-2)8-9-7-10(13)5-6-11(9)12/h5-7H,3-4,8,13H2,1-2H3. The minimum atomic E-state index is -0.175. The van der Waals surface area contributed by atoms with Crippen molar-refractivity contribution in [3.8, 4) is 0 Å². The smallest absolute Gasteiger partial charge is 0.127 e. The lowest BCUT2D eigenvalue weighted by Gasteiger charge is -2.18. The van der Waals surface area contributed by atoms with Crippen LogP contribution in [0.15, 0.2) is 18.2 Å². The molecule has 0 aliphatic rings. The van der Waals surface area contributed by atoms with Gasteiger partial charge in [0.2, 0.25) is 0 Å². The molecule has 1 rings (SSSR count). The number of nitrogens with two attached hydrogens (primary N) is 1. The lowest BCUT2D eigenvalue weighted by Crippen LogP contribution is -2.22. The summed E-state index contributed by atoms with van der Waals surface area (Å²) in [4.78, 5) is 2.15. The van der Waals surface area contributed by atoms with Crippen molar-refractivity contribution in [1.29, 1.82) is 0 Å². The van der Waals surface area contributed by atoms with E-state index in [4.69, 9.17) is 5.73 Å². The molecule has 2 N–H and O–H groups in total. The summed E-state index contributed by atoms with van der Waals surface area (Å²) in [5.74, 6) is -0.175. The molecule has 0 spiro atoms. The number of nitrogen functional groups attached to an aromatic ring is 1. The van der Waals surface area contributed by atoms with Crippen molar-refractivity contribution in [2.45, 2.75) is 20.4 Å². The van der Waals surface area contributed by atoms with E-state index < -0.39 is 0 Å². The third kappa shape index (κ3) is 2.70. The zero-order chi connectivity index (χ0) is 10.6. The summed E-state index contributed by atoms with van der Waals surface area (Å²) in [6, 6.07) is 4.71. The third-order valence-corrected chi connectivity index (χ3v) is 2.36. The fraction of sp³-hybridized carbons (Fsp3) is 0.455. The van der Waals surface area contributed by atoms with Crippen molar-refractivity contribution >= 4 is 5.69 Å². The first-order valence-corrected chi connectivity index (χ1v) is 4.93. The molecule has 0 atom stereocenters. The van der Waals surface area contributed by atoms with Crippen molar-refractivity contribution in [2.24, 2.45) is 0 Å². The van der Waals surface area contributed by atoms with Gasteiger partial charge in [-0.2, -0.15) is 0 Å². The maximum absolute atomic E-state index is 13.3. The van der Waals surface area contributed by atoms with Crippen LogP contribution >= 0.6 is 0 Å². The van der Waals surface area contributed by atoms with Crippen LogP contribution in [0.5, 0.6) is 0 Å². The molecule has 1 aromatic carbocycles. The Morgan fingerprint density at radius 1 is 1.29 bits per heavy atom. The van der Waals surface area contributed by atoms with Crippen LogP contribution in [0.1, 0.15) is 19.4 Å². The molecule has 0 unspecified atom stereocenters. The number of hydrogen-bond acceptors (Lipinski definition) is 2. The summed E-state index contributed by atoms with van der Waals surface area (Å²) >= 11 is 0. The number of rotatable bonds is 4. The fourth-order valence-corrected chi connectivity index (χ4v) is 1.40. The summed E-state index contributed by atoms with van der Waals surface area (Å²) < 4.78 is 13.3. The molecular formula is C11H17FN2. The fourth-order valence-electron chi connectivity index (χ4n) is 1.40. The maximum Gasteiger partial charge on any atom is 0.127 e. The quantitative estimate of drug-likeness (QED) is 0.748. The highest BCUT2D eigenvalue weighted by molar-refractivity contribution is 5.41. The zero-order valence-electron chi connectivity index (χ0n) is 8.76. The molecule has 0 aromatic heterocycles. The first-order valence-electron chi connectivity index (χ1n) is 4.93. The minimum Gasteiger partial charge on any atom is -0.399 e. The predicted molar refractivity (Wildman–Crippen MR) is 57.4 cm³/mol. The molecular weight excluding hydrogens is 179 g/mol. The van der Waals surface area contributed by atoms with E-state index in [1.165, 1.54) is 6.07 Å². The van der Waals surface area contributed by atoms with Gasteiger partial charge in [0.05, 0.1) is 0 Å². The predicted octanol–water partition coefficient (Wildman–Crippen LogP) is 2.25. The Hall–Kier alpha value is -1.09. The van der Waals surface area contributed by atoms with E-state index in [1.807, 2.05) is 0 Å². The first-order chi connectivity index (χ1) is 6.67. The summed E-state index contributed by atoms with van der Waals surface area (Å²) in [7, 11) is 0. The highest BCUT2D eigenvalue weighted by Gasteiger charge is 2.06. The van der Waals surface area contributed by atoms with Gasteiger partial charge >= 0.3 is 0 Å². The van der Waals surface area contributed by atoms with Gasteiger partial charge in [0.1, 0.15) is 5.82 Å². The van der Waals surface area contributed by atoms with E-state index in [0.717, 1.165) is 13.1 Å². The molecule has 78 valence electrons. The van der Waals surface area contributed by atoms with Gasteiger partial charge in [0.25, 0.3) is 0 Å². The summed E-state index contributed by atoms with van der Waals surface area (Å²) in [6.45, 7) is 6.60. The Labute approximate surface area is 84.5 Å². The number of anilines is 1. The van der Waals surface area contributed by atoms with Gasteiger partial charge in [-0.15, -0.1) is 0 Å².